The van der Waals surface area contributed by atoms with Gasteiger partial charge in [-0.15, -0.1) is 0 Å². The fourth-order valence-electron chi connectivity index (χ4n) is 4.00. The third-order valence-corrected chi connectivity index (χ3v) is 5.95. The Labute approximate surface area is 144 Å². The van der Waals surface area contributed by atoms with Crippen LogP contribution in [-0.2, 0) is 14.3 Å². The van der Waals surface area contributed by atoms with Crippen LogP contribution in [0.1, 0.15) is 43.8 Å². The summed E-state index contributed by atoms with van der Waals surface area (Å²) in [7, 11) is 1.39. The highest BCUT2D eigenvalue weighted by Gasteiger charge is 2.62. The highest BCUT2D eigenvalue weighted by atomic mass is 79.9. The lowest BCUT2D eigenvalue weighted by atomic mass is 9.76. The first kappa shape index (κ1) is 16.5. The predicted molar refractivity (Wildman–Crippen MR) is 90.5 cm³/mol. The van der Waals surface area contributed by atoms with Crippen molar-refractivity contribution >= 4 is 21.9 Å². The lowest BCUT2D eigenvalue weighted by Crippen LogP contribution is -2.36. The van der Waals surface area contributed by atoms with E-state index in [4.69, 9.17) is 13.9 Å². The summed E-state index contributed by atoms with van der Waals surface area (Å²) < 4.78 is 18.0. The number of hydrogen-bond donors (Lipinski definition) is 0. The van der Waals surface area contributed by atoms with Gasteiger partial charge in [-0.3, -0.25) is 0 Å². The van der Waals surface area contributed by atoms with Gasteiger partial charge in [-0.25, -0.2) is 4.79 Å². The zero-order valence-electron chi connectivity index (χ0n) is 14.2. The van der Waals surface area contributed by atoms with Crippen molar-refractivity contribution in [1.29, 1.82) is 0 Å². The zero-order chi connectivity index (χ0) is 17.2. The smallest absolute Gasteiger partial charge is 0.337 e. The average Bonchev–Trinajstić information content (AvgIpc) is 3.02. The molecular formula is C18H21BrO4. The van der Waals surface area contributed by atoms with Crippen molar-refractivity contribution in [1.82, 2.24) is 0 Å². The number of esters is 1. The van der Waals surface area contributed by atoms with Gasteiger partial charge in [0.15, 0.2) is 0 Å². The van der Waals surface area contributed by atoms with Gasteiger partial charge in [0.2, 0.25) is 0 Å². The number of carbonyl (C=O) groups excluding carboxylic acids is 1. The molecule has 23 heavy (non-hydrogen) atoms. The molecule has 5 heteroatoms. The number of aryl methyl sites for hydroxylation is 2. The van der Waals surface area contributed by atoms with Crippen LogP contribution in [0.2, 0.25) is 0 Å². The molecule has 3 rings (SSSR count). The Morgan fingerprint density at radius 2 is 2.00 bits per heavy atom. The van der Waals surface area contributed by atoms with Gasteiger partial charge in [-0.2, -0.15) is 0 Å². The van der Waals surface area contributed by atoms with Crippen LogP contribution >= 0.6 is 15.9 Å². The minimum absolute atomic E-state index is 0.0780. The molecule has 0 saturated carbocycles. The third kappa shape index (κ3) is 2.02. The zero-order valence-corrected chi connectivity index (χ0v) is 15.8. The second-order valence-corrected chi connectivity index (χ2v) is 7.37. The molecule has 0 fully saturated rings. The van der Waals surface area contributed by atoms with E-state index < -0.39 is 11.2 Å². The largest absolute Gasteiger partial charge is 0.466 e. The molecule has 0 aromatic carbocycles. The van der Waals surface area contributed by atoms with Crippen molar-refractivity contribution in [2.75, 3.05) is 7.11 Å². The first-order valence-corrected chi connectivity index (χ1v) is 8.42. The summed E-state index contributed by atoms with van der Waals surface area (Å²) in [6.45, 7) is 9.95. The second-order valence-electron chi connectivity index (χ2n) is 6.58. The molecule has 3 heterocycles. The van der Waals surface area contributed by atoms with Crippen molar-refractivity contribution in [3.05, 3.63) is 44.9 Å². The van der Waals surface area contributed by atoms with Gasteiger partial charge < -0.3 is 13.9 Å². The fourth-order valence-corrected chi connectivity index (χ4v) is 5.29. The van der Waals surface area contributed by atoms with Gasteiger partial charge in [0.25, 0.3) is 0 Å². The highest BCUT2D eigenvalue weighted by Crippen LogP contribution is 2.60. The molecule has 0 amide bonds. The molecule has 0 saturated heterocycles. The van der Waals surface area contributed by atoms with E-state index in [9.17, 15) is 4.79 Å². The number of methoxy groups -OCH3 is 1. The van der Waals surface area contributed by atoms with Crippen LogP contribution in [0.5, 0.6) is 0 Å². The molecular weight excluding hydrogens is 360 g/mol. The number of furan rings is 1. The van der Waals surface area contributed by atoms with Crippen LogP contribution in [0.4, 0.5) is 0 Å². The Morgan fingerprint density at radius 1 is 1.35 bits per heavy atom. The van der Waals surface area contributed by atoms with Crippen molar-refractivity contribution in [2.24, 2.45) is 0 Å². The average molecular weight is 381 g/mol. The maximum Gasteiger partial charge on any atom is 0.337 e. The molecule has 0 radical (unpaired) electrons. The quantitative estimate of drug-likeness (QED) is 0.578. The molecule has 0 aliphatic carbocycles. The van der Waals surface area contributed by atoms with E-state index in [2.05, 4.69) is 22.9 Å². The minimum atomic E-state index is -0.778. The standard InChI is InChI=1S/C18H21BrO4/c1-9-7-11(3)22-14(9)12(4)18-10(2)8-17(5,23-18)13(15(18)19)16(20)21-6/h7-8,12H,1-6H3/t12-,17+,18+/m1/s1. The molecule has 1 aromatic heterocycles. The molecule has 0 N–H and O–H groups in total. The summed E-state index contributed by atoms with van der Waals surface area (Å²) in [5, 5.41) is 0. The number of rotatable bonds is 3. The topological polar surface area (TPSA) is 48.7 Å². The minimum Gasteiger partial charge on any atom is -0.466 e. The fraction of sp³-hybridized carbons (Fsp3) is 0.500. The maximum absolute atomic E-state index is 12.3. The van der Waals surface area contributed by atoms with E-state index in [0.717, 1.165) is 27.1 Å². The van der Waals surface area contributed by atoms with E-state index in [1.807, 2.05) is 39.8 Å². The van der Waals surface area contributed by atoms with Crippen molar-refractivity contribution in [2.45, 2.75) is 51.7 Å². The Kier molecular flexibility index (Phi) is 3.65. The van der Waals surface area contributed by atoms with Gasteiger partial charge in [0.05, 0.1) is 18.6 Å². The van der Waals surface area contributed by atoms with Crippen molar-refractivity contribution in [3.8, 4) is 0 Å². The van der Waals surface area contributed by atoms with E-state index in [-0.39, 0.29) is 11.9 Å². The predicted octanol–water partition coefficient (Wildman–Crippen LogP) is 4.31. The number of ether oxygens (including phenoxy) is 2. The van der Waals surface area contributed by atoms with Crippen LogP contribution in [0.25, 0.3) is 0 Å². The van der Waals surface area contributed by atoms with E-state index >= 15 is 0 Å². The van der Waals surface area contributed by atoms with Crippen LogP contribution in [0, 0.1) is 13.8 Å². The Hall–Kier alpha value is -1.33. The molecule has 124 valence electrons. The number of hydrogen-bond acceptors (Lipinski definition) is 4. The Balaban J connectivity index is 2.17. The molecule has 4 nitrogen and oxygen atoms in total. The highest BCUT2D eigenvalue weighted by molar-refractivity contribution is 9.11. The molecule has 3 atom stereocenters. The first-order valence-electron chi connectivity index (χ1n) is 7.63. The van der Waals surface area contributed by atoms with Gasteiger partial charge in [0, 0.05) is 4.48 Å². The second kappa shape index (κ2) is 5.08. The van der Waals surface area contributed by atoms with Gasteiger partial charge >= 0.3 is 5.97 Å². The summed E-state index contributed by atoms with van der Waals surface area (Å²) in [6, 6.07) is 2.02. The van der Waals surface area contributed by atoms with Crippen LogP contribution in [-0.4, -0.2) is 24.3 Å². The van der Waals surface area contributed by atoms with Gasteiger partial charge in [0.1, 0.15) is 22.7 Å². The number of carbonyl (C=O) groups is 1. The number of fused-ring (bicyclic) bond motifs is 2. The monoisotopic (exact) mass is 380 g/mol. The lowest BCUT2D eigenvalue weighted by Gasteiger charge is -2.34. The van der Waals surface area contributed by atoms with Gasteiger partial charge in [-0.05, 0) is 51.0 Å². The molecule has 0 unspecified atom stereocenters. The van der Waals surface area contributed by atoms with E-state index in [1.165, 1.54) is 7.11 Å². The summed E-state index contributed by atoms with van der Waals surface area (Å²) in [4.78, 5) is 12.3. The van der Waals surface area contributed by atoms with Crippen molar-refractivity contribution < 1.29 is 18.7 Å². The first-order chi connectivity index (χ1) is 10.7. The van der Waals surface area contributed by atoms with E-state index in [0.29, 0.717) is 5.57 Å². The summed E-state index contributed by atoms with van der Waals surface area (Å²) >= 11 is 3.64. The molecule has 1 aromatic rings. The van der Waals surface area contributed by atoms with E-state index in [1.54, 1.807) is 0 Å². The Bertz CT molecular complexity index is 757. The van der Waals surface area contributed by atoms with Crippen LogP contribution in [0.15, 0.2) is 32.2 Å². The Morgan fingerprint density at radius 3 is 2.52 bits per heavy atom. The van der Waals surface area contributed by atoms with Crippen molar-refractivity contribution in [3.63, 3.8) is 0 Å². The molecule has 2 aliphatic rings. The molecule has 2 bridgehead atoms. The maximum atomic E-state index is 12.3. The molecule has 0 spiro atoms. The summed E-state index contributed by atoms with van der Waals surface area (Å²) in [5.74, 6) is 1.30. The normalized spacial score (nSPS) is 30.7. The van der Waals surface area contributed by atoms with Crippen LogP contribution in [0.3, 0.4) is 0 Å². The SMILES string of the molecule is COC(=O)C1=C(Br)[C@]2([C@H](C)c3oc(C)cc3C)O[C@@]1(C)C=C2C. The summed E-state index contributed by atoms with van der Waals surface area (Å²) in [5.41, 5.74) is 1.17. The van der Waals surface area contributed by atoms with Gasteiger partial charge in [-0.1, -0.05) is 22.9 Å². The third-order valence-electron chi connectivity index (χ3n) is 4.96. The summed E-state index contributed by atoms with van der Waals surface area (Å²) in [6.07, 6.45) is 2.01. The van der Waals surface area contributed by atoms with Crippen LogP contribution < -0.4 is 0 Å². The number of halogens is 1. The molecule has 2 aliphatic heterocycles. The lowest BCUT2D eigenvalue weighted by molar-refractivity contribution is -0.138.